The van der Waals surface area contributed by atoms with Crippen LogP contribution in [0.4, 0.5) is 0 Å². The van der Waals surface area contributed by atoms with E-state index in [0.29, 0.717) is 11.3 Å². The van der Waals surface area contributed by atoms with Gasteiger partial charge in [0.1, 0.15) is 11.5 Å². The molecule has 0 saturated carbocycles. The number of carbonyl (C=O) groups excluding carboxylic acids is 2. The van der Waals surface area contributed by atoms with Gasteiger partial charge in [-0.05, 0) is 55.7 Å². The molecule has 5 heteroatoms. The van der Waals surface area contributed by atoms with Gasteiger partial charge < -0.3 is 14.4 Å². The maximum absolute atomic E-state index is 13.1. The van der Waals surface area contributed by atoms with Crippen molar-refractivity contribution in [3.05, 3.63) is 100 Å². The third-order valence-electron chi connectivity index (χ3n) is 5.58. The number of amides is 1. The summed E-state index contributed by atoms with van der Waals surface area (Å²) in [6.07, 6.45) is 1.53. The zero-order chi connectivity index (χ0) is 21.4. The van der Waals surface area contributed by atoms with Gasteiger partial charge in [-0.3, -0.25) is 9.59 Å². The number of furan rings is 1. The third-order valence-corrected chi connectivity index (χ3v) is 5.58. The van der Waals surface area contributed by atoms with E-state index in [9.17, 15) is 14.7 Å². The maximum atomic E-state index is 13.1. The summed E-state index contributed by atoms with van der Waals surface area (Å²) in [5, 5.41) is 11.2. The van der Waals surface area contributed by atoms with Gasteiger partial charge in [0.25, 0.3) is 11.7 Å². The fraction of sp³-hybridized carbons (Fsp3) is 0.200. The van der Waals surface area contributed by atoms with E-state index < -0.39 is 17.7 Å². The van der Waals surface area contributed by atoms with Crippen molar-refractivity contribution in [3.63, 3.8) is 0 Å². The predicted octanol–water partition coefficient (Wildman–Crippen LogP) is 4.83. The van der Waals surface area contributed by atoms with Gasteiger partial charge in [-0.1, -0.05) is 42.0 Å². The van der Waals surface area contributed by atoms with Crippen LogP contribution in [0.2, 0.25) is 0 Å². The molecule has 0 bridgehead atoms. The number of likely N-dealkylation sites (tertiary alicyclic amines) is 1. The number of carbonyl (C=O) groups is 2. The second-order valence-electron chi connectivity index (χ2n) is 7.68. The number of aliphatic hydroxyl groups excluding tert-OH is 1. The van der Waals surface area contributed by atoms with Crippen molar-refractivity contribution in [1.82, 2.24) is 4.90 Å². The minimum Gasteiger partial charge on any atom is -0.507 e. The first-order valence-corrected chi connectivity index (χ1v) is 9.82. The summed E-state index contributed by atoms with van der Waals surface area (Å²) in [6, 6.07) is 16.1. The molecule has 3 aromatic rings. The van der Waals surface area contributed by atoms with Gasteiger partial charge in [0.05, 0.1) is 24.4 Å². The summed E-state index contributed by atoms with van der Waals surface area (Å²) in [5.74, 6) is -0.910. The highest BCUT2D eigenvalue weighted by atomic mass is 16.3. The van der Waals surface area contributed by atoms with Crippen molar-refractivity contribution in [1.29, 1.82) is 0 Å². The molecule has 5 nitrogen and oxygen atoms in total. The number of ketones is 1. The molecule has 1 fully saturated rings. The van der Waals surface area contributed by atoms with Crippen LogP contribution in [-0.4, -0.2) is 21.7 Å². The van der Waals surface area contributed by atoms with Crippen LogP contribution in [0.1, 0.15) is 39.6 Å². The Hall–Kier alpha value is -3.60. The first kappa shape index (κ1) is 19.7. The van der Waals surface area contributed by atoms with E-state index in [4.69, 9.17) is 4.42 Å². The molecule has 1 unspecified atom stereocenters. The van der Waals surface area contributed by atoms with E-state index in [1.54, 1.807) is 12.1 Å². The molecular formula is C25H23NO4. The van der Waals surface area contributed by atoms with Crippen LogP contribution in [0.25, 0.3) is 5.76 Å². The third kappa shape index (κ3) is 3.32. The number of hydrogen-bond donors (Lipinski definition) is 1. The Labute approximate surface area is 175 Å². The number of aryl methyl sites for hydroxylation is 3. The molecule has 1 aliphatic rings. The summed E-state index contributed by atoms with van der Waals surface area (Å²) >= 11 is 0. The fourth-order valence-electron chi connectivity index (χ4n) is 3.97. The lowest BCUT2D eigenvalue weighted by Gasteiger charge is -2.26. The minimum absolute atomic E-state index is 0.106. The molecule has 1 amide bonds. The molecule has 0 spiro atoms. The molecule has 30 heavy (non-hydrogen) atoms. The molecule has 1 aromatic heterocycles. The molecular weight excluding hydrogens is 378 g/mol. The summed E-state index contributed by atoms with van der Waals surface area (Å²) in [7, 11) is 0. The van der Waals surface area contributed by atoms with Crippen molar-refractivity contribution in [2.24, 2.45) is 0 Å². The lowest BCUT2D eigenvalue weighted by molar-refractivity contribution is -0.140. The number of hydrogen-bond acceptors (Lipinski definition) is 4. The predicted molar refractivity (Wildman–Crippen MR) is 114 cm³/mol. The Morgan fingerprint density at radius 3 is 2.47 bits per heavy atom. The summed E-state index contributed by atoms with van der Waals surface area (Å²) < 4.78 is 5.42. The Morgan fingerprint density at radius 1 is 1.00 bits per heavy atom. The SMILES string of the molecule is Cc1ccc(C)c(/C(O)=C2\C(=O)C(=O)N(Cc3ccco3)C2c2ccccc2C)c1. The van der Waals surface area contributed by atoms with E-state index in [2.05, 4.69) is 0 Å². The van der Waals surface area contributed by atoms with Crippen LogP contribution in [0.3, 0.4) is 0 Å². The molecule has 2 aromatic carbocycles. The molecule has 1 N–H and O–H groups in total. The van der Waals surface area contributed by atoms with Crippen LogP contribution < -0.4 is 0 Å². The fourth-order valence-corrected chi connectivity index (χ4v) is 3.97. The molecule has 1 aliphatic heterocycles. The van der Waals surface area contributed by atoms with Gasteiger partial charge >= 0.3 is 0 Å². The summed E-state index contributed by atoms with van der Waals surface area (Å²) in [6.45, 7) is 5.86. The van der Waals surface area contributed by atoms with E-state index in [1.165, 1.54) is 11.2 Å². The van der Waals surface area contributed by atoms with Crippen molar-refractivity contribution in [3.8, 4) is 0 Å². The maximum Gasteiger partial charge on any atom is 0.296 e. The highest BCUT2D eigenvalue weighted by Gasteiger charge is 2.46. The quantitative estimate of drug-likeness (QED) is 0.386. The van der Waals surface area contributed by atoms with Crippen LogP contribution >= 0.6 is 0 Å². The van der Waals surface area contributed by atoms with E-state index in [-0.39, 0.29) is 17.9 Å². The Morgan fingerprint density at radius 2 is 1.77 bits per heavy atom. The molecule has 2 heterocycles. The van der Waals surface area contributed by atoms with Gasteiger partial charge in [0, 0.05) is 5.56 Å². The monoisotopic (exact) mass is 401 g/mol. The van der Waals surface area contributed by atoms with Crippen LogP contribution in [0.5, 0.6) is 0 Å². The number of benzene rings is 2. The van der Waals surface area contributed by atoms with Crippen LogP contribution in [-0.2, 0) is 16.1 Å². The number of aliphatic hydroxyl groups is 1. The average Bonchev–Trinajstić information content (AvgIpc) is 3.32. The second-order valence-corrected chi connectivity index (χ2v) is 7.68. The second kappa shape index (κ2) is 7.67. The molecule has 0 aliphatic carbocycles. The standard InChI is InChI=1S/C25H23NO4/c1-15-10-11-17(3)20(13-15)23(27)21-22(19-9-5-4-7-16(19)2)26(25(29)24(21)28)14-18-8-6-12-30-18/h4-13,22,27H,14H2,1-3H3/b23-21+. The van der Waals surface area contributed by atoms with Gasteiger partial charge in [0.2, 0.25) is 0 Å². The van der Waals surface area contributed by atoms with Crippen molar-refractivity contribution in [2.75, 3.05) is 0 Å². The van der Waals surface area contributed by atoms with Crippen LogP contribution in [0, 0.1) is 20.8 Å². The lowest BCUT2D eigenvalue weighted by atomic mass is 9.91. The highest BCUT2D eigenvalue weighted by molar-refractivity contribution is 6.46. The first-order valence-electron chi connectivity index (χ1n) is 9.82. The van der Waals surface area contributed by atoms with E-state index in [0.717, 1.165) is 22.3 Å². The summed E-state index contributed by atoms with van der Waals surface area (Å²) in [4.78, 5) is 27.6. The van der Waals surface area contributed by atoms with E-state index >= 15 is 0 Å². The van der Waals surface area contributed by atoms with E-state index in [1.807, 2.05) is 63.2 Å². The Bertz CT molecular complexity index is 1160. The summed E-state index contributed by atoms with van der Waals surface area (Å²) in [5.41, 5.74) is 4.19. The average molecular weight is 401 g/mol. The smallest absolute Gasteiger partial charge is 0.296 e. The zero-order valence-corrected chi connectivity index (χ0v) is 17.2. The molecule has 1 saturated heterocycles. The lowest BCUT2D eigenvalue weighted by Crippen LogP contribution is -2.29. The zero-order valence-electron chi connectivity index (χ0n) is 17.2. The first-order chi connectivity index (χ1) is 14.4. The molecule has 4 rings (SSSR count). The van der Waals surface area contributed by atoms with Crippen molar-refractivity contribution in [2.45, 2.75) is 33.4 Å². The topological polar surface area (TPSA) is 70.8 Å². The number of rotatable bonds is 4. The van der Waals surface area contributed by atoms with Crippen molar-refractivity contribution < 1.29 is 19.1 Å². The molecule has 0 radical (unpaired) electrons. The van der Waals surface area contributed by atoms with Gasteiger partial charge in [-0.15, -0.1) is 0 Å². The molecule has 1 atom stereocenters. The highest BCUT2D eigenvalue weighted by Crippen LogP contribution is 2.41. The normalized spacial score (nSPS) is 18.2. The number of nitrogens with zero attached hydrogens (tertiary/aromatic N) is 1. The van der Waals surface area contributed by atoms with Crippen LogP contribution in [0.15, 0.2) is 70.9 Å². The van der Waals surface area contributed by atoms with Gasteiger partial charge in [-0.2, -0.15) is 0 Å². The number of Topliss-reactive ketones (excluding diaryl/α,β-unsaturated/α-hetero) is 1. The van der Waals surface area contributed by atoms with Crippen molar-refractivity contribution >= 4 is 17.4 Å². The largest absolute Gasteiger partial charge is 0.507 e. The molecule has 152 valence electrons. The van der Waals surface area contributed by atoms with Gasteiger partial charge in [0.15, 0.2) is 0 Å². The Kier molecular flexibility index (Phi) is 5.04. The van der Waals surface area contributed by atoms with Gasteiger partial charge in [-0.25, -0.2) is 0 Å². The Balaban J connectivity index is 1.93. The minimum atomic E-state index is -0.698.